The average molecular weight is 443 g/mol. The molecule has 0 saturated heterocycles. The molecule has 26 heavy (non-hydrogen) atoms. The van der Waals surface area contributed by atoms with E-state index in [2.05, 4.69) is 10.3 Å². The molecule has 0 aromatic heterocycles. The van der Waals surface area contributed by atoms with Crippen LogP contribution in [0.15, 0.2) is 53.5 Å². The number of benzene rings is 2. The number of carbonyl (C=O) groups excluding carboxylic acids is 1. The number of benzodiazepines with no additional fused rings is 1. The number of carboxylic acid groups (broad SMARTS) is 1. The van der Waals surface area contributed by atoms with E-state index in [-0.39, 0.29) is 119 Å². The number of hydrogen-bond donors (Lipinski definition) is 2. The van der Waals surface area contributed by atoms with Crippen molar-refractivity contribution in [3.05, 3.63) is 64.7 Å². The molecule has 0 spiro atoms. The molecule has 1 heterocycles. The second-order valence-corrected chi connectivity index (χ2v) is 5.20. The molecule has 0 bridgehead atoms. The molecule has 10 heteroatoms. The van der Waals surface area contributed by atoms with Crippen LogP contribution in [-0.4, -0.2) is 96.6 Å². The van der Waals surface area contributed by atoms with Crippen molar-refractivity contribution in [1.82, 2.24) is 0 Å². The summed E-state index contributed by atoms with van der Waals surface area (Å²) in [5.74, 6) is -1.98. The van der Waals surface area contributed by atoms with E-state index in [0.29, 0.717) is 27.5 Å². The summed E-state index contributed by atoms with van der Waals surface area (Å²) in [6.07, 6.45) is 0. The number of carboxylic acids is 1. The number of aliphatic carboxylic acids is 1. The Morgan fingerprint density at radius 2 is 1.77 bits per heavy atom. The fourth-order valence-electron chi connectivity index (χ4n) is 2.27. The number of anilines is 1. The number of fused-ring (bicyclic) bond motifs is 1. The van der Waals surface area contributed by atoms with E-state index in [1.807, 2.05) is 18.2 Å². The Labute approximate surface area is 245 Å². The molecular weight excluding hydrogens is 426 g/mol. The molecular formula is C16H17ClK2N2O4Si. The Hall–Kier alpha value is 0.790. The molecule has 1 unspecified atom stereocenters. The molecule has 1 aliphatic heterocycles. The van der Waals surface area contributed by atoms with Gasteiger partial charge in [-0.05, 0) is 29.2 Å². The van der Waals surface area contributed by atoms with Crippen LogP contribution < -0.4 is 56.7 Å². The molecule has 0 saturated carbocycles. The predicted molar refractivity (Wildman–Crippen MR) is 104 cm³/mol. The molecule has 1 atom stereocenters. The Kier molecular flexibility index (Phi) is 14.6. The standard InChI is InChI=1S/C16H11ClN2O3.2K.H2O.H4Si.H/c17-10-6-7-12-11(8-10)13(9-4-2-1-3-5-9)19-14(16(21)22)15(20)18-12;;;;;/h1-8,14H,(H,18,20)(H,21,22);;;1H2;1H4;/q;;+1;;;/p-1. The summed E-state index contributed by atoms with van der Waals surface area (Å²) in [5, 5.41) is 12.3. The van der Waals surface area contributed by atoms with E-state index in [0.717, 1.165) is 0 Å². The smallest absolute Gasteiger partial charge is 0.0149 e. The largest absolute Gasteiger partial charge is 0.870 e. The van der Waals surface area contributed by atoms with E-state index in [4.69, 9.17) is 11.6 Å². The van der Waals surface area contributed by atoms with Gasteiger partial charge in [-0.2, -0.15) is 0 Å². The van der Waals surface area contributed by atoms with Crippen LogP contribution in [0.5, 0.6) is 0 Å². The number of nitrogens with zero attached hydrogens (tertiary/aromatic N) is 1. The zero-order chi connectivity index (χ0) is 15.7. The van der Waals surface area contributed by atoms with Gasteiger partial charge in [0.05, 0.1) is 11.4 Å². The Morgan fingerprint density at radius 1 is 1.15 bits per heavy atom. The number of carbonyl (C=O) groups is 2. The second-order valence-electron chi connectivity index (χ2n) is 4.76. The molecule has 2 aromatic carbocycles. The summed E-state index contributed by atoms with van der Waals surface area (Å²) in [6, 6.07) is 12.5. The van der Waals surface area contributed by atoms with Gasteiger partial charge in [0, 0.05) is 16.1 Å². The second kappa shape index (κ2) is 13.1. The van der Waals surface area contributed by atoms with Gasteiger partial charge >= 0.3 is 109 Å². The molecule has 0 fully saturated rings. The van der Waals surface area contributed by atoms with Crippen LogP contribution in [0.2, 0.25) is 5.02 Å². The van der Waals surface area contributed by atoms with Gasteiger partial charge in [-0.15, -0.1) is 0 Å². The van der Waals surface area contributed by atoms with Crippen molar-refractivity contribution in [1.29, 1.82) is 0 Å². The Morgan fingerprint density at radius 3 is 2.35 bits per heavy atom. The third-order valence-corrected chi connectivity index (χ3v) is 3.52. The Balaban J connectivity index is 0. The van der Waals surface area contributed by atoms with Crippen LogP contribution in [0.1, 0.15) is 11.1 Å². The van der Waals surface area contributed by atoms with Crippen molar-refractivity contribution in [3.8, 4) is 0 Å². The minimum absolute atomic E-state index is 0. The molecule has 1 amide bonds. The van der Waals surface area contributed by atoms with Crippen molar-refractivity contribution in [2.24, 2.45) is 4.99 Å². The summed E-state index contributed by atoms with van der Waals surface area (Å²) in [6.45, 7) is 0. The van der Waals surface area contributed by atoms with Gasteiger partial charge < -0.3 is 15.9 Å². The summed E-state index contributed by atoms with van der Waals surface area (Å²) in [7, 11) is 0. The maximum Gasteiger partial charge on any atom is -0.0149 e. The minimum atomic E-state index is -1.50. The monoisotopic (exact) mass is 442 g/mol. The van der Waals surface area contributed by atoms with Crippen molar-refractivity contribution in [2.75, 3.05) is 5.32 Å². The van der Waals surface area contributed by atoms with Crippen molar-refractivity contribution < 1.29 is 71.6 Å². The van der Waals surface area contributed by atoms with Crippen molar-refractivity contribution in [2.45, 2.75) is 6.04 Å². The zero-order valence-corrected chi connectivity index (χ0v) is 16.6. The number of aliphatic imine (C=N–C) groups is 1. The number of halogens is 1. The molecule has 2 aromatic rings. The van der Waals surface area contributed by atoms with Crippen LogP contribution in [0.3, 0.4) is 0 Å². The summed E-state index contributed by atoms with van der Waals surface area (Å²) >= 11 is 6.03. The van der Waals surface area contributed by atoms with Crippen molar-refractivity contribution in [3.63, 3.8) is 0 Å². The van der Waals surface area contributed by atoms with Gasteiger partial charge in [-0.3, -0.25) is 9.79 Å². The third kappa shape index (κ3) is 6.69. The van der Waals surface area contributed by atoms with Crippen LogP contribution in [0, 0.1) is 0 Å². The van der Waals surface area contributed by atoms with Crippen molar-refractivity contribution >= 4 is 97.2 Å². The first-order chi connectivity index (χ1) is 10.6. The summed E-state index contributed by atoms with van der Waals surface area (Å²) in [4.78, 5) is 27.5. The number of nitrogens with one attached hydrogen (secondary N) is 1. The molecule has 6 nitrogen and oxygen atoms in total. The van der Waals surface area contributed by atoms with E-state index in [1.54, 1.807) is 30.3 Å². The molecule has 0 aliphatic carbocycles. The van der Waals surface area contributed by atoms with Crippen LogP contribution in [0.25, 0.3) is 0 Å². The van der Waals surface area contributed by atoms with Gasteiger partial charge in [0.25, 0.3) is 5.91 Å². The normalized spacial score (nSPS) is 14.4. The van der Waals surface area contributed by atoms with E-state index < -0.39 is 17.9 Å². The number of rotatable bonds is 2. The van der Waals surface area contributed by atoms with Crippen LogP contribution in [-0.2, 0) is 9.59 Å². The van der Waals surface area contributed by atoms with Gasteiger partial charge in [-0.1, -0.05) is 41.9 Å². The molecule has 1 aliphatic rings. The molecule has 0 radical (unpaired) electrons. The van der Waals surface area contributed by atoms with Gasteiger partial charge in [-0.25, -0.2) is 4.79 Å². The zero-order valence-electron chi connectivity index (χ0n) is 12.7. The number of amides is 1. The molecule has 128 valence electrons. The van der Waals surface area contributed by atoms with Crippen LogP contribution >= 0.6 is 11.6 Å². The fourth-order valence-corrected chi connectivity index (χ4v) is 2.45. The average Bonchev–Trinajstić information content (AvgIpc) is 2.64. The maximum absolute atomic E-state index is 12.0. The quantitative estimate of drug-likeness (QED) is 0.390. The minimum Gasteiger partial charge on any atom is -0.870 e. The Bertz CT molecular complexity index is 806. The fraction of sp³-hybridized carbons (Fsp3) is 0.0625. The first-order valence-corrected chi connectivity index (χ1v) is 6.91. The first-order valence-electron chi connectivity index (χ1n) is 6.53. The molecule has 3 N–H and O–H groups in total. The van der Waals surface area contributed by atoms with Gasteiger partial charge in [0.2, 0.25) is 6.04 Å². The van der Waals surface area contributed by atoms with E-state index in [1.165, 1.54) is 0 Å². The number of hydrogen-bond acceptors (Lipinski definition) is 4. The predicted octanol–water partition coefficient (Wildman–Crippen LogP) is -2.69. The third-order valence-electron chi connectivity index (χ3n) is 3.28. The molecule has 3 rings (SSSR count). The van der Waals surface area contributed by atoms with Gasteiger partial charge in [0.15, 0.2) is 0 Å². The SMILES string of the molecule is O=C(O)C1N=C(c2ccccc2)c2cc(Cl)ccc2NC1=O.[K+].[KH].[OH-].[SiH4]. The first kappa shape index (κ1) is 29.0. The summed E-state index contributed by atoms with van der Waals surface area (Å²) in [5.41, 5.74) is 2.22. The van der Waals surface area contributed by atoms with Gasteiger partial charge in [0.1, 0.15) is 0 Å². The maximum atomic E-state index is 12.0. The van der Waals surface area contributed by atoms with Crippen LogP contribution in [0.4, 0.5) is 5.69 Å². The van der Waals surface area contributed by atoms with E-state index in [9.17, 15) is 14.7 Å². The summed E-state index contributed by atoms with van der Waals surface area (Å²) < 4.78 is 0. The van der Waals surface area contributed by atoms with E-state index >= 15 is 0 Å². The topological polar surface area (TPSA) is 109 Å².